The first kappa shape index (κ1) is 30.0. The summed E-state index contributed by atoms with van der Waals surface area (Å²) in [6.07, 6.45) is 0.766. The van der Waals surface area contributed by atoms with Crippen molar-refractivity contribution in [2.45, 2.75) is 56.8 Å². The Hall–Kier alpha value is -3.05. The van der Waals surface area contributed by atoms with Gasteiger partial charge in [-0.15, -0.1) is 6.58 Å². The van der Waals surface area contributed by atoms with Crippen LogP contribution in [0, 0.1) is 0 Å². The number of rotatable bonds is 12. The van der Waals surface area contributed by atoms with Gasteiger partial charge in [0.05, 0.1) is 36.1 Å². The summed E-state index contributed by atoms with van der Waals surface area (Å²) in [5.74, 6) is 0. The highest BCUT2D eigenvalue weighted by Crippen LogP contribution is 2.35. The molecule has 2 saturated heterocycles. The highest BCUT2D eigenvalue weighted by Gasteiger charge is 2.50. The molecule has 10 heteroatoms. The molecule has 0 unspecified atom stereocenters. The SMILES string of the molecule is C=CCO[C@@H]1CO[C@H]2[C@H]1OC[C@H]2Oc1nc2nc(-c3ccc(-c4ccccc4)cc3)c(Cl)cc2n1COCC[Si](C)(C)C. The van der Waals surface area contributed by atoms with E-state index in [9.17, 15) is 0 Å². The zero-order valence-electron chi connectivity index (χ0n) is 24.9. The minimum Gasteiger partial charge on any atom is -0.456 e. The van der Waals surface area contributed by atoms with Crippen molar-refractivity contribution in [2.75, 3.05) is 26.4 Å². The van der Waals surface area contributed by atoms with Crippen LogP contribution in [0.5, 0.6) is 6.01 Å². The number of imidazole rings is 1. The fraction of sp³-hybridized carbons (Fsp3) is 0.394. The number of fused-ring (bicyclic) bond motifs is 2. The van der Waals surface area contributed by atoms with Crippen LogP contribution in [0.25, 0.3) is 33.5 Å². The molecule has 0 spiro atoms. The van der Waals surface area contributed by atoms with Crippen LogP contribution in [-0.2, 0) is 25.7 Å². The van der Waals surface area contributed by atoms with Crippen LogP contribution in [0.2, 0.25) is 30.7 Å². The van der Waals surface area contributed by atoms with Gasteiger partial charge in [0.1, 0.15) is 25.0 Å². The van der Waals surface area contributed by atoms with Crippen LogP contribution in [-0.4, -0.2) is 73.5 Å². The summed E-state index contributed by atoms with van der Waals surface area (Å²) < 4.78 is 32.5. The molecule has 4 aromatic rings. The predicted molar refractivity (Wildman–Crippen MR) is 171 cm³/mol. The molecule has 0 radical (unpaired) electrons. The lowest BCUT2D eigenvalue weighted by atomic mass is 10.0. The van der Waals surface area contributed by atoms with Crippen molar-refractivity contribution in [1.82, 2.24) is 14.5 Å². The zero-order chi connectivity index (χ0) is 30.0. The highest BCUT2D eigenvalue weighted by molar-refractivity contribution is 6.76. The van der Waals surface area contributed by atoms with Crippen LogP contribution in [0.4, 0.5) is 0 Å². The quantitative estimate of drug-likeness (QED) is 0.0975. The van der Waals surface area contributed by atoms with Gasteiger partial charge in [0.15, 0.2) is 11.8 Å². The largest absolute Gasteiger partial charge is 0.456 e. The number of hydrogen-bond acceptors (Lipinski definition) is 7. The van der Waals surface area contributed by atoms with Crippen LogP contribution in [0.1, 0.15) is 0 Å². The molecule has 4 atom stereocenters. The smallest absolute Gasteiger partial charge is 0.301 e. The number of hydrogen-bond donors (Lipinski definition) is 0. The summed E-state index contributed by atoms with van der Waals surface area (Å²) in [4.78, 5) is 9.72. The number of benzene rings is 2. The molecule has 2 aromatic heterocycles. The Balaban J connectivity index is 1.28. The Morgan fingerprint density at radius 3 is 2.35 bits per heavy atom. The van der Waals surface area contributed by atoms with Gasteiger partial charge in [0, 0.05) is 20.2 Å². The Labute approximate surface area is 258 Å². The van der Waals surface area contributed by atoms with Gasteiger partial charge in [-0.3, -0.25) is 4.57 Å². The number of ether oxygens (including phenoxy) is 5. The molecule has 6 rings (SSSR count). The van der Waals surface area contributed by atoms with E-state index >= 15 is 0 Å². The van der Waals surface area contributed by atoms with Gasteiger partial charge in [-0.05, 0) is 23.2 Å². The second-order valence-corrected chi connectivity index (χ2v) is 18.2. The second-order valence-electron chi connectivity index (χ2n) is 12.2. The van der Waals surface area contributed by atoms with Crippen molar-refractivity contribution in [1.29, 1.82) is 0 Å². The lowest BCUT2D eigenvalue weighted by Gasteiger charge is -2.19. The molecule has 43 heavy (non-hydrogen) atoms. The Kier molecular flexibility index (Phi) is 8.99. The fourth-order valence-corrected chi connectivity index (χ4v) is 6.42. The third-order valence-corrected chi connectivity index (χ3v) is 9.78. The summed E-state index contributed by atoms with van der Waals surface area (Å²) in [7, 11) is -1.25. The Bertz CT molecular complexity index is 1560. The van der Waals surface area contributed by atoms with Crippen molar-refractivity contribution in [3.63, 3.8) is 0 Å². The molecule has 0 saturated carbocycles. The third-order valence-electron chi connectivity index (χ3n) is 7.79. The van der Waals surface area contributed by atoms with E-state index in [-0.39, 0.29) is 31.1 Å². The number of pyridine rings is 1. The van der Waals surface area contributed by atoms with Crippen molar-refractivity contribution >= 4 is 30.8 Å². The molecule has 0 aliphatic carbocycles. The number of nitrogens with zero attached hydrogens (tertiary/aromatic N) is 3. The van der Waals surface area contributed by atoms with Crippen LogP contribution in [0.15, 0.2) is 73.3 Å². The zero-order valence-corrected chi connectivity index (χ0v) is 26.6. The van der Waals surface area contributed by atoms with E-state index in [1.54, 1.807) is 6.08 Å². The molecule has 2 aliphatic rings. The van der Waals surface area contributed by atoms with Crippen molar-refractivity contribution in [2.24, 2.45) is 0 Å². The van der Waals surface area contributed by atoms with Gasteiger partial charge in [-0.2, -0.15) is 4.98 Å². The standard InChI is InChI=1S/C33H38ClN3O5Si/c1-5-15-39-27-19-40-31-28(20-41-30(27)31)42-33-36-32-26(37(33)21-38-16-17-43(2,3)4)18-25(34)29(35-32)24-13-11-23(12-14-24)22-9-7-6-8-10-22/h5-14,18,27-28,30-31H,1,15-17,19-21H2,2-4H3/t27-,28-,30+,31-/m1/s1. The summed E-state index contributed by atoms with van der Waals surface area (Å²) in [5.41, 5.74) is 5.13. The van der Waals surface area contributed by atoms with E-state index in [0.717, 1.165) is 28.3 Å². The highest BCUT2D eigenvalue weighted by atomic mass is 35.5. The van der Waals surface area contributed by atoms with Gasteiger partial charge in [-0.1, -0.05) is 91.9 Å². The van der Waals surface area contributed by atoms with Crippen LogP contribution < -0.4 is 4.74 Å². The second kappa shape index (κ2) is 12.9. The summed E-state index contributed by atoms with van der Waals surface area (Å²) in [6, 6.07) is 21.8. The van der Waals surface area contributed by atoms with Crippen molar-refractivity contribution < 1.29 is 23.7 Å². The average Bonchev–Trinajstić information content (AvgIpc) is 3.68. The maximum absolute atomic E-state index is 6.86. The summed E-state index contributed by atoms with van der Waals surface area (Å²) in [5, 5.41) is 0.528. The first-order chi connectivity index (χ1) is 20.8. The number of halogens is 1. The fourth-order valence-electron chi connectivity index (χ4n) is 5.41. The molecular weight excluding hydrogens is 582 g/mol. The molecule has 0 bridgehead atoms. The van der Waals surface area contributed by atoms with Crippen LogP contribution in [0.3, 0.4) is 0 Å². The maximum Gasteiger partial charge on any atom is 0.301 e. The predicted octanol–water partition coefficient (Wildman–Crippen LogP) is 6.85. The molecule has 4 heterocycles. The maximum atomic E-state index is 6.86. The normalized spacial score (nSPS) is 21.8. The average molecular weight is 620 g/mol. The molecule has 2 aliphatic heterocycles. The molecule has 0 amide bonds. The van der Waals surface area contributed by atoms with Crippen LogP contribution >= 0.6 is 11.6 Å². The molecular formula is C33H38ClN3O5Si. The third kappa shape index (κ3) is 6.72. The number of aromatic nitrogens is 3. The topological polar surface area (TPSA) is 76.9 Å². The first-order valence-corrected chi connectivity index (χ1v) is 18.8. The van der Waals surface area contributed by atoms with Gasteiger partial charge >= 0.3 is 6.01 Å². The van der Waals surface area contributed by atoms with E-state index in [1.807, 2.05) is 41.0 Å². The molecule has 226 valence electrons. The molecule has 2 fully saturated rings. The van der Waals surface area contributed by atoms with E-state index < -0.39 is 8.07 Å². The monoisotopic (exact) mass is 619 g/mol. The molecule has 8 nitrogen and oxygen atoms in total. The first-order valence-electron chi connectivity index (χ1n) is 14.7. The minimum atomic E-state index is -1.25. The van der Waals surface area contributed by atoms with Gasteiger partial charge in [0.25, 0.3) is 0 Å². The lowest BCUT2D eigenvalue weighted by molar-refractivity contribution is -0.0270. The van der Waals surface area contributed by atoms with Gasteiger partial charge < -0.3 is 23.7 Å². The van der Waals surface area contributed by atoms with E-state index in [0.29, 0.717) is 48.8 Å². The summed E-state index contributed by atoms with van der Waals surface area (Å²) >= 11 is 6.86. The molecule has 0 N–H and O–H groups in total. The minimum absolute atomic E-state index is 0.156. The van der Waals surface area contributed by atoms with E-state index in [2.05, 4.69) is 50.5 Å². The van der Waals surface area contributed by atoms with Crippen molar-refractivity contribution in [3.8, 4) is 28.4 Å². The Morgan fingerprint density at radius 1 is 0.953 bits per heavy atom. The molecule has 2 aromatic carbocycles. The van der Waals surface area contributed by atoms with Gasteiger partial charge in [-0.25, -0.2) is 4.98 Å². The van der Waals surface area contributed by atoms with Crippen molar-refractivity contribution in [3.05, 3.63) is 78.3 Å². The lowest BCUT2D eigenvalue weighted by Crippen LogP contribution is -2.36. The van der Waals surface area contributed by atoms with E-state index in [4.69, 9.17) is 45.3 Å². The van der Waals surface area contributed by atoms with E-state index in [1.165, 1.54) is 0 Å². The van der Waals surface area contributed by atoms with Gasteiger partial charge in [0.2, 0.25) is 0 Å². The Morgan fingerprint density at radius 2 is 1.63 bits per heavy atom. The summed E-state index contributed by atoms with van der Waals surface area (Å²) in [6.45, 7) is 12.9.